The Morgan fingerprint density at radius 1 is 1.21 bits per heavy atom. The lowest BCUT2D eigenvalue weighted by atomic mass is 9.83. The summed E-state index contributed by atoms with van der Waals surface area (Å²) in [6.07, 6.45) is 6.46. The molecule has 29 heavy (non-hydrogen) atoms. The third-order valence-electron chi connectivity index (χ3n) is 5.37. The average Bonchev–Trinajstić information content (AvgIpc) is 2.72. The zero-order chi connectivity index (χ0) is 20.2. The summed E-state index contributed by atoms with van der Waals surface area (Å²) in [5, 5.41) is 12.7. The maximum Gasteiger partial charge on any atom is 0.337 e. The van der Waals surface area contributed by atoms with Crippen molar-refractivity contribution in [1.82, 2.24) is 4.98 Å². The van der Waals surface area contributed by atoms with E-state index < -0.39 is 5.97 Å². The SMILES string of the molecule is Cc1cccc(Sc2ccc3c(c2)CCC[C@@H]3CNc2cnccc2C(=O)O)c1. The van der Waals surface area contributed by atoms with E-state index in [0.29, 0.717) is 18.2 Å². The molecule has 1 aromatic heterocycles. The number of hydrogen-bond donors (Lipinski definition) is 2. The third-order valence-corrected chi connectivity index (χ3v) is 6.35. The van der Waals surface area contributed by atoms with Crippen LogP contribution in [-0.4, -0.2) is 22.6 Å². The van der Waals surface area contributed by atoms with Gasteiger partial charge in [-0.15, -0.1) is 0 Å². The molecule has 2 aromatic carbocycles. The maximum atomic E-state index is 11.4. The van der Waals surface area contributed by atoms with Gasteiger partial charge in [-0.1, -0.05) is 35.5 Å². The van der Waals surface area contributed by atoms with Crippen molar-refractivity contribution in [3.63, 3.8) is 0 Å². The second-order valence-electron chi connectivity index (χ2n) is 7.48. The molecule has 0 saturated carbocycles. The Morgan fingerprint density at radius 3 is 2.90 bits per heavy atom. The number of pyridine rings is 1. The van der Waals surface area contributed by atoms with Crippen LogP contribution in [-0.2, 0) is 6.42 Å². The number of benzene rings is 2. The molecular weight excluding hydrogens is 380 g/mol. The van der Waals surface area contributed by atoms with Gasteiger partial charge in [0.05, 0.1) is 17.4 Å². The molecule has 2 N–H and O–H groups in total. The number of aromatic carboxylic acids is 1. The quantitative estimate of drug-likeness (QED) is 0.546. The normalized spacial score (nSPS) is 15.6. The molecule has 148 valence electrons. The molecular formula is C24H24N2O2S. The average molecular weight is 405 g/mol. The summed E-state index contributed by atoms with van der Waals surface area (Å²) in [6.45, 7) is 2.83. The fourth-order valence-electron chi connectivity index (χ4n) is 3.94. The van der Waals surface area contributed by atoms with Crippen LogP contribution < -0.4 is 5.32 Å². The van der Waals surface area contributed by atoms with E-state index in [0.717, 1.165) is 19.3 Å². The van der Waals surface area contributed by atoms with Crippen LogP contribution in [0.3, 0.4) is 0 Å². The second-order valence-corrected chi connectivity index (χ2v) is 8.62. The monoisotopic (exact) mass is 404 g/mol. The van der Waals surface area contributed by atoms with Crippen molar-refractivity contribution >= 4 is 23.4 Å². The topological polar surface area (TPSA) is 62.2 Å². The zero-order valence-electron chi connectivity index (χ0n) is 16.4. The highest BCUT2D eigenvalue weighted by atomic mass is 32.2. The molecule has 1 aliphatic rings. The van der Waals surface area contributed by atoms with Crippen molar-refractivity contribution in [3.05, 3.63) is 83.2 Å². The van der Waals surface area contributed by atoms with Crippen LogP contribution >= 0.6 is 11.8 Å². The van der Waals surface area contributed by atoms with Crippen LogP contribution in [0.2, 0.25) is 0 Å². The molecule has 0 spiro atoms. The molecule has 0 fully saturated rings. The number of carboxylic acid groups (broad SMARTS) is 1. The number of anilines is 1. The fraction of sp³-hybridized carbons (Fsp3) is 0.250. The number of nitrogens with one attached hydrogen (secondary N) is 1. The van der Waals surface area contributed by atoms with Gasteiger partial charge in [0.25, 0.3) is 0 Å². The highest BCUT2D eigenvalue weighted by molar-refractivity contribution is 7.99. The molecule has 0 saturated heterocycles. The molecule has 0 amide bonds. The highest BCUT2D eigenvalue weighted by Crippen LogP contribution is 2.36. The summed E-state index contributed by atoms with van der Waals surface area (Å²) in [5.74, 6) is -0.560. The number of aromatic nitrogens is 1. The Morgan fingerprint density at radius 2 is 2.07 bits per heavy atom. The van der Waals surface area contributed by atoms with Gasteiger partial charge < -0.3 is 10.4 Å². The number of rotatable bonds is 6. The van der Waals surface area contributed by atoms with E-state index >= 15 is 0 Å². The van der Waals surface area contributed by atoms with Gasteiger partial charge in [-0.05, 0) is 67.6 Å². The van der Waals surface area contributed by atoms with Crippen LogP contribution in [0.1, 0.15) is 45.8 Å². The summed E-state index contributed by atoms with van der Waals surface area (Å²) in [7, 11) is 0. The van der Waals surface area contributed by atoms with Crippen molar-refractivity contribution in [2.45, 2.75) is 41.9 Å². The molecule has 1 atom stereocenters. The van der Waals surface area contributed by atoms with Gasteiger partial charge in [-0.2, -0.15) is 0 Å². The summed E-state index contributed by atoms with van der Waals surface area (Å²) < 4.78 is 0. The Balaban J connectivity index is 1.49. The fourth-order valence-corrected chi connectivity index (χ4v) is 4.94. The van der Waals surface area contributed by atoms with Crippen molar-refractivity contribution < 1.29 is 9.90 Å². The molecule has 0 radical (unpaired) electrons. The van der Waals surface area contributed by atoms with Crippen LogP contribution in [0.4, 0.5) is 5.69 Å². The lowest BCUT2D eigenvalue weighted by Crippen LogP contribution is -2.19. The van der Waals surface area contributed by atoms with E-state index in [1.54, 1.807) is 18.0 Å². The first-order valence-electron chi connectivity index (χ1n) is 9.88. The summed E-state index contributed by atoms with van der Waals surface area (Å²) in [5.41, 5.74) is 4.90. The highest BCUT2D eigenvalue weighted by Gasteiger charge is 2.21. The molecule has 4 nitrogen and oxygen atoms in total. The van der Waals surface area contributed by atoms with Crippen LogP contribution in [0.15, 0.2) is 70.7 Å². The molecule has 0 unspecified atom stereocenters. The van der Waals surface area contributed by atoms with E-state index in [1.165, 1.54) is 38.7 Å². The number of aryl methyl sites for hydroxylation is 2. The van der Waals surface area contributed by atoms with Gasteiger partial charge in [0.15, 0.2) is 0 Å². The minimum absolute atomic E-state index is 0.265. The van der Waals surface area contributed by atoms with Gasteiger partial charge in [-0.3, -0.25) is 4.98 Å². The lowest BCUT2D eigenvalue weighted by Gasteiger charge is -2.27. The Labute approximate surface area is 175 Å². The van der Waals surface area contributed by atoms with Gasteiger partial charge >= 0.3 is 5.97 Å². The minimum atomic E-state index is -0.934. The van der Waals surface area contributed by atoms with Crippen LogP contribution in [0.25, 0.3) is 0 Å². The Bertz CT molecular complexity index is 1030. The maximum absolute atomic E-state index is 11.4. The first-order chi connectivity index (χ1) is 14.1. The van der Waals surface area contributed by atoms with Crippen molar-refractivity contribution in [1.29, 1.82) is 0 Å². The van der Waals surface area contributed by atoms with E-state index in [1.807, 2.05) is 0 Å². The van der Waals surface area contributed by atoms with Crippen molar-refractivity contribution in [2.75, 3.05) is 11.9 Å². The van der Waals surface area contributed by atoms with E-state index in [4.69, 9.17) is 0 Å². The van der Waals surface area contributed by atoms with Crippen molar-refractivity contribution in [2.24, 2.45) is 0 Å². The smallest absolute Gasteiger partial charge is 0.337 e. The van der Waals surface area contributed by atoms with Gasteiger partial charge in [0.2, 0.25) is 0 Å². The number of carbonyl (C=O) groups is 1. The number of carboxylic acids is 1. The molecule has 1 heterocycles. The first kappa shape index (κ1) is 19.5. The molecule has 4 rings (SSSR count). The van der Waals surface area contributed by atoms with Crippen molar-refractivity contribution in [3.8, 4) is 0 Å². The van der Waals surface area contributed by atoms with E-state index in [9.17, 15) is 9.90 Å². The van der Waals surface area contributed by atoms with Crippen LogP contribution in [0, 0.1) is 6.92 Å². The molecule has 3 aromatic rings. The summed E-state index contributed by atoms with van der Waals surface area (Å²) in [6, 6.07) is 16.9. The van der Waals surface area contributed by atoms with E-state index in [-0.39, 0.29) is 5.56 Å². The van der Waals surface area contributed by atoms with Gasteiger partial charge in [0, 0.05) is 28.5 Å². The van der Waals surface area contributed by atoms with Gasteiger partial charge in [-0.25, -0.2) is 4.79 Å². The van der Waals surface area contributed by atoms with Gasteiger partial charge in [0.1, 0.15) is 0 Å². The number of hydrogen-bond acceptors (Lipinski definition) is 4. The minimum Gasteiger partial charge on any atom is -0.478 e. The predicted octanol–water partition coefficient (Wildman–Crippen LogP) is 5.77. The molecule has 0 aliphatic heterocycles. The summed E-state index contributed by atoms with van der Waals surface area (Å²) >= 11 is 1.80. The Hall–Kier alpha value is -2.79. The largest absolute Gasteiger partial charge is 0.478 e. The van der Waals surface area contributed by atoms with E-state index in [2.05, 4.69) is 59.7 Å². The second kappa shape index (κ2) is 8.70. The molecule has 1 aliphatic carbocycles. The number of nitrogens with zero attached hydrogens (tertiary/aromatic N) is 1. The molecule has 0 bridgehead atoms. The predicted molar refractivity (Wildman–Crippen MR) is 117 cm³/mol. The first-order valence-corrected chi connectivity index (χ1v) is 10.7. The zero-order valence-corrected chi connectivity index (χ0v) is 17.2. The Kier molecular flexibility index (Phi) is 5.86. The molecule has 5 heteroatoms. The third kappa shape index (κ3) is 4.62. The van der Waals surface area contributed by atoms with Crippen LogP contribution in [0.5, 0.6) is 0 Å². The standard InChI is InChI=1S/C24H24N2O2S/c1-16-4-2-7-19(12-16)29-20-8-9-21-17(13-20)5-3-6-18(21)14-26-23-15-25-11-10-22(23)24(27)28/h2,4,7-13,15,18,26H,3,5-6,14H2,1H3,(H,27,28)/t18-/m1/s1. The lowest BCUT2D eigenvalue weighted by molar-refractivity contribution is 0.0698. The number of fused-ring (bicyclic) bond motifs is 1. The summed E-state index contributed by atoms with van der Waals surface area (Å²) in [4.78, 5) is 18.0.